The minimum Gasteiger partial charge on any atom is -0.507 e. The van der Waals surface area contributed by atoms with E-state index in [1.165, 1.54) is 0 Å². The van der Waals surface area contributed by atoms with Gasteiger partial charge in [-0.2, -0.15) is 0 Å². The van der Waals surface area contributed by atoms with Crippen LogP contribution < -0.4 is 0 Å². The molecule has 0 fully saturated rings. The van der Waals surface area contributed by atoms with Gasteiger partial charge in [0.25, 0.3) is 0 Å². The monoisotopic (exact) mass is 388 g/mol. The molecule has 0 unspecified atom stereocenters. The van der Waals surface area contributed by atoms with Crippen LogP contribution in [0.2, 0.25) is 0 Å². The Morgan fingerprint density at radius 3 is 1.62 bits per heavy atom. The van der Waals surface area contributed by atoms with E-state index in [9.17, 15) is 9.90 Å². The van der Waals surface area contributed by atoms with Crippen LogP contribution in [0.3, 0.4) is 0 Å². The quantitative estimate of drug-likeness (QED) is 0.642. The van der Waals surface area contributed by atoms with Crippen LogP contribution in [-0.2, 0) is 10.8 Å². The third-order valence-corrected chi connectivity index (χ3v) is 4.62. The van der Waals surface area contributed by atoms with Gasteiger partial charge >= 0.3 is 0 Å². The third-order valence-electron chi connectivity index (χ3n) is 4.09. The smallest absolute Gasteiger partial charge is 0.193 e. The second-order valence-corrected chi connectivity index (χ2v) is 9.17. The maximum atomic E-state index is 12.9. The lowest BCUT2D eigenvalue weighted by Crippen LogP contribution is -2.19. The van der Waals surface area contributed by atoms with Gasteiger partial charge in [-0.05, 0) is 47.2 Å². The number of phenols is 1. The van der Waals surface area contributed by atoms with Crippen LogP contribution in [0.15, 0.2) is 40.9 Å². The highest BCUT2D eigenvalue weighted by Crippen LogP contribution is 2.40. The number of ketones is 1. The van der Waals surface area contributed by atoms with Gasteiger partial charge in [-0.25, -0.2) is 0 Å². The predicted octanol–water partition coefficient (Wildman–Crippen LogP) is 5.98. The normalized spacial score (nSPS) is 12.3. The summed E-state index contributed by atoms with van der Waals surface area (Å²) >= 11 is 3.39. The zero-order valence-corrected chi connectivity index (χ0v) is 16.8. The van der Waals surface area contributed by atoms with Crippen LogP contribution in [0.25, 0.3) is 0 Å². The van der Waals surface area contributed by atoms with Crippen molar-refractivity contribution in [2.24, 2.45) is 0 Å². The van der Waals surface area contributed by atoms with Crippen LogP contribution in [0, 0.1) is 0 Å². The molecule has 1 N–H and O–H groups in total. The van der Waals surface area contributed by atoms with Crippen LogP contribution in [0.5, 0.6) is 5.75 Å². The van der Waals surface area contributed by atoms with Gasteiger partial charge in [0.05, 0.1) is 0 Å². The van der Waals surface area contributed by atoms with Crippen molar-refractivity contribution in [2.75, 3.05) is 0 Å². The lowest BCUT2D eigenvalue weighted by Gasteiger charge is -2.28. The van der Waals surface area contributed by atoms with E-state index >= 15 is 0 Å². The van der Waals surface area contributed by atoms with Gasteiger partial charge in [-0.1, -0.05) is 57.5 Å². The van der Waals surface area contributed by atoms with Gasteiger partial charge in [-0.15, -0.1) is 0 Å². The molecule has 0 aliphatic heterocycles. The summed E-state index contributed by atoms with van der Waals surface area (Å²) in [5.74, 6) is 0.265. The summed E-state index contributed by atoms with van der Waals surface area (Å²) < 4.78 is 0.940. The molecule has 0 spiro atoms. The molecule has 2 nitrogen and oxygen atoms in total. The summed E-state index contributed by atoms with van der Waals surface area (Å²) in [6.45, 7) is 12.3. The first-order chi connectivity index (χ1) is 10.9. The second kappa shape index (κ2) is 6.36. The number of halogens is 1. The molecule has 0 saturated heterocycles. The number of carbonyl (C=O) groups is 1. The maximum Gasteiger partial charge on any atom is 0.193 e. The Hall–Kier alpha value is -1.61. The maximum absolute atomic E-state index is 12.9. The molecule has 0 atom stereocenters. The van der Waals surface area contributed by atoms with E-state index in [4.69, 9.17) is 0 Å². The highest BCUT2D eigenvalue weighted by atomic mass is 79.9. The van der Waals surface area contributed by atoms with Gasteiger partial charge < -0.3 is 5.11 Å². The molecule has 0 aliphatic carbocycles. The molecule has 2 rings (SSSR count). The molecule has 0 aromatic heterocycles. The van der Waals surface area contributed by atoms with Crippen molar-refractivity contribution in [3.63, 3.8) is 0 Å². The second-order valence-electron chi connectivity index (χ2n) is 8.26. The van der Waals surface area contributed by atoms with Crippen LogP contribution in [0.1, 0.15) is 68.6 Å². The average molecular weight is 389 g/mol. The number of carbonyl (C=O) groups excluding carboxylic acids is 1. The van der Waals surface area contributed by atoms with Crippen molar-refractivity contribution in [1.82, 2.24) is 0 Å². The van der Waals surface area contributed by atoms with Crippen LogP contribution >= 0.6 is 15.9 Å². The molecular weight excluding hydrogens is 364 g/mol. The zero-order chi connectivity index (χ0) is 18.3. The Morgan fingerprint density at radius 2 is 1.25 bits per heavy atom. The molecule has 0 heterocycles. The number of hydrogen-bond acceptors (Lipinski definition) is 2. The summed E-state index contributed by atoms with van der Waals surface area (Å²) in [5, 5.41) is 10.8. The Balaban J connectivity index is 2.66. The highest BCUT2D eigenvalue weighted by Gasteiger charge is 2.28. The number of rotatable bonds is 2. The lowest BCUT2D eigenvalue weighted by atomic mass is 9.78. The van der Waals surface area contributed by atoms with Crippen molar-refractivity contribution in [1.29, 1.82) is 0 Å². The number of aromatic hydroxyl groups is 1. The number of hydrogen-bond donors (Lipinski definition) is 1. The van der Waals surface area contributed by atoms with Gasteiger partial charge in [-0.3, -0.25) is 4.79 Å². The lowest BCUT2D eigenvalue weighted by molar-refractivity contribution is 0.103. The third kappa shape index (κ3) is 3.89. The van der Waals surface area contributed by atoms with E-state index in [1.54, 1.807) is 0 Å². The van der Waals surface area contributed by atoms with Crippen molar-refractivity contribution < 1.29 is 9.90 Å². The van der Waals surface area contributed by atoms with Crippen molar-refractivity contribution in [3.8, 4) is 5.75 Å². The van der Waals surface area contributed by atoms with Gasteiger partial charge in [0.2, 0.25) is 0 Å². The Labute approximate surface area is 153 Å². The first-order valence-electron chi connectivity index (χ1n) is 8.09. The molecular formula is C21H25BrO2. The van der Waals surface area contributed by atoms with Gasteiger partial charge in [0.15, 0.2) is 5.78 Å². The first-order valence-corrected chi connectivity index (χ1v) is 8.89. The van der Waals surface area contributed by atoms with E-state index in [1.807, 2.05) is 77.9 Å². The van der Waals surface area contributed by atoms with E-state index in [0.717, 1.165) is 15.6 Å². The van der Waals surface area contributed by atoms with Crippen LogP contribution in [-0.4, -0.2) is 10.9 Å². The van der Waals surface area contributed by atoms with Crippen molar-refractivity contribution in [3.05, 3.63) is 63.1 Å². The molecule has 2 aromatic rings. The topological polar surface area (TPSA) is 37.3 Å². The molecule has 0 aliphatic rings. The van der Waals surface area contributed by atoms with Gasteiger partial charge in [0, 0.05) is 26.7 Å². The number of phenolic OH excluding ortho intramolecular Hbond substituents is 1. The minimum absolute atomic E-state index is 0.0292. The van der Waals surface area contributed by atoms with E-state index in [0.29, 0.717) is 16.9 Å². The van der Waals surface area contributed by atoms with Crippen molar-refractivity contribution in [2.45, 2.75) is 52.4 Å². The summed E-state index contributed by atoms with van der Waals surface area (Å²) in [5.41, 5.74) is 2.36. The fourth-order valence-corrected chi connectivity index (χ4v) is 2.94. The predicted molar refractivity (Wildman–Crippen MR) is 103 cm³/mol. The fraction of sp³-hybridized carbons (Fsp3) is 0.381. The Bertz CT molecular complexity index is 725. The summed E-state index contributed by atoms with van der Waals surface area (Å²) in [7, 11) is 0. The summed E-state index contributed by atoms with van der Waals surface area (Å²) in [6, 6.07) is 11.0. The fourth-order valence-electron chi connectivity index (χ4n) is 2.68. The van der Waals surface area contributed by atoms with E-state index in [2.05, 4.69) is 15.9 Å². The van der Waals surface area contributed by atoms with E-state index < -0.39 is 0 Å². The molecule has 0 amide bonds. The molecule has 0 saturated carbocycles. The van der Waals surface area contributed by atoms with Crippen LogP contribution in [0.4, 0.5) is 0 Å². The van der Waals surface area contributed by atoms with E-state index in [-0.39, 0.29) is 16.6 Å². The molecule has 0 bridgehead atoms. The SMILES string of the molecule is CC(C)(C)c1cc(C(=O)c2ccc(Br)cc2)cc(C(C)(C)C)c1O. The molecule has 128 valence electrons. The molecule has 24 heavy (non-hydrogen) atoms. The summed E-state index contributed by atoms with van der Waals surface area (Å²) in [4.78, 5) is 12.9. The Morgan fingerprint density at radius 1 is 0.833 bits per heavy atom. The average Bonchev–Trinajstić information content (AvgIpc) is 2.45. The molecule has 2 aromatic carbocycles. The highest BCUT2D eigenvalue weighted by molar-refractivity contribution is 9.10. The number of benzene rings is 2. The standard InChI is InChI=1S/C21H25BrO2/c1-20(2,3)16-11-14(12-17(19(16)24)21(4,5)6)18(23)13-7-9-15(22)10-8-13/h7-12,24H,1-6H3. The largest absolute Gasteiger partial charge is 0.507 e. The summed E-state index contributed by atoms with van der Waals surface area (Å²) in [6.07, 6.45) is 0. The van der Waals surface area contributed by atoms with Crippen molar-refractivity contribution >= 4 is 21.7 Å². The minimum atomic E-state index is -0.250. The van der Waals surface area contributed by atoms with Gasteiger partial charge in [0.1, 0.15) is 5.75 Å². The first kappa shape index (κ1) is 18.7. The molecule has 0 radical (unpaired) electrons. The molecule has 3 heteroatoms. The Kier molecular flexibility index (Phi) is 4.96. The zero-order valence-electron chi connectivity index (χ0n) is 15.2.